The second-order valence-electron chi connectivity index (χ2n) is 3.56. The van der Waals surface area contributed by atoms with Crippen LogP contribution in [0.5, 0.6) is 0 Å². The number of anilines is 2. The third-order valence-corrected chi connectivity index (χ3v) is 2.47. The molecule has 1 aliphatic carbocycles. The SMILES string of the molecule is CN(c1ccc(N)c(C#N)n1)C1CC1. The highest BCUT2D eigenvalue weighted by atomic mass is 15.2. The van der Waals surface area contributed by atoms with E-state index in [1.54, 1.807) is 6.07 Å². The van der Waals surface area contributed by atoms with Crippen LogP contribution in [0.1, 0.15) is 18.5 Å². The van der Waals surface area contributed by atoms with Gasteiger partial charge in [-0.15, -0.1) is 0 Å². The molecule has 0 spiro atoms. The van der Waals surface area contributed by atoms with Crippen LogP contribution in [-0.4, -0.2) is 18.1 Å². The average Bonchev–Trinajstić information content (AvgIpc) is 3.01. The molecule has 4 nitrogen and oxygen atoms in total. The molecule has 14 heavy (non-hydrogen) atoms. The van der Waals surface area contributed by atoms with E-state index in [2.05, 4.69) is 9.88 Å². The fourth-order valence-corrected chi connectivity index (χ4v) is 1.39. The van der Waals surface area contributed by atoms with E-state index in [0.717, 1.165) is 5.82 Å². The summed E-state index contributed by atoms with van der Waals surface area (Å²) in [6, 6.07) is 6.17. The molecule has 0 saturated heterocycles. The lowest BCUT2D eigenvalue weighted by Gasteiger charge is -2.17. The summed E-state index contributed by atoms with van der Waals surface area (Å²) in [4.78, 5) is 6.29. The van der Waals surface area contributed by atoms with Gasteiger partial charge in [0.05, 0.1) is 5.69 Å². The van der Waals surface area contributed by atoms with Gasteiger partial charge in [-0.05, 0) is 25.0 Å². The molecule has 4 heteroatoms. The molecule has 1 aromatic heterocycles. The first-order valence-corrected chi connectivity index (χ1v) is 4.62. The predicted octanol–water partition coefficient (Wildman–Crippen LogP) is 1.13. The lowest BCUT2D eigenvalue weighted by molar-refractivity contribution is 0.891. The number of nitrogens with zero attached hydrogens (tertiary/aromatic N) is 3. The maximum Gasteiger partial charge on any atom is 0.165 e. The standard InChI is InChI=1S/C10H12N4/c1-14(7-2-3-7)10-5-4-8(12)9(6-11)13-10/h4-5,7H,2-3,12H2,1H3. The minimum absolute atomic E-state index is 0.315. The number of nitriles is 1. The quantitative estimate of drug-likeness (QED) is 0.755. The van der Waals surface area contributed by atoms with Gasteiger partial charge in [-0.3, -0.25) is 0 Å². The van der Waals surface area contributed by atoms with Gasteiger partial charge in [0.2, 0.25) is 0 Å². The van der Waals surface area contributed by atoms with Crippen molar-refractivity contribution < 1.29 is 0 Å². The van der Waals surface area contributed by atoms with Gasteiger partial charge in [0.1, 0.15) is 11.9 Å². The molecular formula is C10H12N4. The maximum atomic E-state index is 8.77. The van der Waals surface area contributed by atoms with E-state index in [1.807, 2.05) is 19.2 Å². The topological polar surface area (TPSA) is 65.9 Å². The highest BCUT2D eigenvalue weighted by Crippen LogP contribution is 2.29. The van der Waals surface area contributed by atoms with Crippen molar-refractivity contribution in [2.24, 2.45) is 0 Å². The Kier molecular flexibility index (Phi) is 2.01. The van der Waals surface area contributed by atoms with Crippen LogP contribution in [0.2, 0.25) is 0 Å². The second kappa shape index (κ2) is 3.18. The third-order valence-electron chi connectivity index (χ3n) is 2.47. The molecule has 1 saturated carbocycles. The Bertz CT molecular complexity index is 390. The van der Waals surface area contributed by atoms with Crippen LogP contribution in [0.3, 0.4) is 0 Å². The molecule has 1 fully saturated rings. The zero-order valence-electron chi connectivity index (χ0n) is 8.07. The molecule has 0 radical (unpaired) electrons. The number of hydrogen-bond acceptors (Lipinski definition) is 4. The van der Waals surface area contributed by atoms with Gasteiger partial charge >= 0.3 is 0 Å². The van der Waals surface area contributed by atoms with Crippen molar-refractivity contribution in [3.8, 4) is 6.07 Å². The van der Waals surface area contributed by atoms with Gasteiger partial charge in [-0.2, -0.15) is 5.26 Å². The van der Waals surface area contributed by atoms with Crippen LogP contribution in [0.15, 0.2) is 12.1 Å². The van der Waals surface area contributed by atoms with E-state index < -0.39 is 0 Å². The van der Waals surface area contributed by atoms with Gasteiger partial charge in [-0.25, -0.2) is 4.98 Å². The molecule has 2 N–H and O–H groups in total. The highest BCUT2D eigenvalue weighted by molar-refractivity contribution is 5.55. The minimum atomic E-state index is 0.315. The molecule has 2 rings (SSSR count). The van der Waals surface area contributed by atoms with E-state index in [0.29, 0.717) is 17.4 Å². The van der Waals surface area contributed by atoms with E-state index >= 15 is 0 Å². The monoisotopic (exact) mass is 188 g/mol. The van der Waals surface area contributed by atoms with Crippen LogP contribution in [0.4, 0.5) is 11.5 Å². The fraction of sp³-hybridized carbons (Fsp3) is 0.400. The van der Waals surface area contributed by atoms with E-state index in [4.69, 9.17) is 11.0 Å². The first-order valence-electron chi connectivity index (χ1n) is 4.62. The normalized spacial score (nSPS) is 14.9. The summed E-state index contributed by atoms with van der Waals surface area (Å²) >= 11 is 0. The van der Waals surface area contributed by atoms with Crippen LogP contribution in [-0.2, 0) is 0 Å². The maximum absolute atomic E-state index is 8.77. The summed E-state index contributed by atoms with van der Waals surface area (Å²) in [6.07, 6.45) is 2.43. The van der Waals surface area contributed by atoms with Gasteiger partial charge in [0.15, 0.2) is 5.69 Å². The number of pyridine rings is 1. The Morgan fingerprint density at radius 2 is 2.29 bits per heavy atom. The molecule has 1 aromatic rings. The summed E-state index contributed by atoms with van der Waals surface area (Å²) in [5.41, 5.74) is 6.35. The lowest BCUT2D eigenvalue weighted by Crippen LogP contribution is -2.20. The summed E-state index contributed by atoms with van der Waals surface area (Å²) in [5, 5.41) is 8.77. The molecule has 0 bridgehead atoms. The Labute approximate surface area is 83.0 Å². The van der Waals surface area contributed by atoms with E-state index in [1.165, 1.54) is 12.8 Å². The van der Waals surface area contributed by atoms with Crippen molar-refractivity contribution in [1.82, 2.24) is 4.98 Å². The summed E-state index contributed by atoms with van der Waals surface area (Å²) in [5.74, 6) is 0.832. The molecule has 0 aromatic carbocycles. The molecule has 1 heterocycles. The minimum Gasteiger partial charge on any atom is -0.396 e. The smallest absolute Gasteiger partial charge is 0.165 e. The van der Waals surface area contributed by atoms with Crippen LogP contribution in [0, 0.1) is 11.3 Å². The number of nitrogen functional groups attached to an aromatic ring is 1. The third kappa shape index (κ3) is 1.49. The Hall–Kier alpha value is -1.76. The summed E-state index contributed by atoms with van der Waals surface area (Å²) in [7, 11) is 2.00. The lowest BCUT2D eigenvalue weighted by atomic mass is 10.3. The van der Waals surface area contributed by atoms with E-state index in [9.17, 15) is 0 Å². The number of hydrogen-bond donors (Lipinski definition) is 1. The average molecular weight is 188 g/mol. The highest BCUT2D eigenvalue weighted by Gasteiger charge is 2.27. The number of aromatic nitrogens is 1. The van der Waals surface area contributed by atoms with Crippen molar-refractivity contribution in [1.29, 1.82) is 5.26 Å². The number of nitrogens with two attached hydrogens (primary N) is 1. The van der Waals surface area contributed by atoms with Crippen LogP contribution >= 0.6 is 0 Å². The predicted molar refractivity (Wildman–Crippen MR) is 54.8 cm³/mol. The van der Waals surface area contributed by atoms with Gasteiger partial charge in [0, 0.05) is 13.1 Å². The van der Waals surface area contributed by atoms with Crippen molar-refractivity contribution in [2.75, 3.05) is 17.7 Å². The summed E-state index contributed by atoms with van der Waals surface area (Å²) in [6.45, 7) is 0. The first kappa shape index (κ1) is 8.82. The van der Waals surface area contributed by atoms with Gasteiger partial charge < -0.3 is 10.6 Å². The van der Waals surface area contributed by atoms with Crippen LogP contribution < -0.4 is 10.6 Å². The Morgan fingerprint density at radius 1 is 1.57 bits per heavy atom. The van der Waals surface area contributed by atoms with Crippen molar-refractivity contribution in [3.05, 3.63) is 17.8 Å². The zero-order chi connectivity index (χ0) is 10.1. The fourth-order valence-electron chi connectivity index (χ4n) is 1.39. The van der Waals surface area contributed by atoms with Crippen molar-refractivity contribution in [2.45, 2.75) is 18.9 Å². The summed E-state index contributed by atoms with van der Waals surface area (Å²) < 4.78 is 0. The molecule has 72 valence electrons. The Balaban J connectivity index is 2.30. The van der Waals surface area contributed by atoms with Gasteiger partial charge in [0.25, 0.3) is 0 Å². The first-order chi connectivity index (χ1) is 6.72. The molecule has 0 atom stereocenters. The molecular weight excluding hydrogens is 176 g/mol. The van der Waals surface area contributed by atoms with E-state index in [-0.39, 0.29) is 0 Å². The van der Waals surface area contributed by atoms with Crippen molar-refractivity contribution in [3.63, 3.8) is 0 Å². The van der Waals surface area contributed by atoms with Gasteiger partial charge in [-0.1, -0.05) is 0 Å². The number of rotatable bonds is 2. The Morgan fingerprint density at radius 3 is 2.86 bits per heavy atom. The molecule has 0 aliphatic heterocycles. The van der Waals surface area contributed by atoms with Crippen molar-refractivity contribution >= 4 is 11.5 Å². The second-order valence-corrected chi connectivity index (χ2v) is 3.56. The molecule has 1 aliphatic rings. The van der Waals surface area contributed by atoms with Crippen LogP contribution in [0.25, 0.3) is 0 Å². The molecule has 0 amide bonds. The molecule has 0 unspecified atom stereocenters. The largest absolute Gasteiger partial charge is 0.396 e. The zero-order valence-corrected chi connectivity index (χ0v) is 8.07.